The van der Waals surface area contributed by atoms with Gasteiger partial charge < -0.3 is 10.1 Å². The molecule has 0 radical (unpaired) electrons. The number of rotatable bonds is 4. The third kappa shape index (κ3) is 3.07. The Balaban J connectivity index is 2.00. The molecule has 0 saturated carbocycles. The van der Waals surface area contributed by atoms with Crippen molar-refractivity contribution in [1.82, 2.24) is 15.1 Å². The molecular formula is C13H23N3O. The van der Waals surface area contributed by atoms with E-state index < -0.39 is 0 Å². The van der Waals surface area contributed by atoms with Gasteiger partial charge in [-0.15, -0.1) is 0 Å². The first kappa shape index (κ1) is 12.6. The molecule has 0 aromatic carbocycles. The Morgan fingerprint density at radius 2 is 2.41 bits per heavy atom. The molecule has 2 unspecified atom stereocenters. The normalized spacial score (nSPS) is 25.4. The van der Waals surface area contributed by atoms with Crippen LogP contribution in [-0.2, 0) is 4.74 Å². The topological polar surface area (TPSA) is 39.1 Å². The van der Waals surface area contributed by atoms with E-state index in [-0.39, 0.29) is 6.10 Å². The number of nitrogens with one attached hydrogen (secondary N) is 1. The highest BCUT2D eigenvalue weighted by molar-refractivity contribution is 5.10. The predicted molar refractivity (Wildman–Crippen MR) is 68.0 cm³/mol. The Kier molecular flexibility index (Phi) is 4.18. The van der Waals surface area contributed by atoms with Crippen LogP contribution in [0.3, 0.4) is 0 Å². The number of aromatic nitrogens is 2. The highest BCUT2D eigenvalue weighted by Gasteiger charge is 2.24. The molecule has 1 aliphatic rings. The number of ether oxygens (including phenoxy) is 1. The van der Waals surface area contributed by atoms with Crippen LogP contribution >= 0.6 is 0 Å². The summed E-state index contributed by atoms with van der Waals surface area (Å²) in [5, 5.41) is 7.88. The Labute approximate surface area is 103 Å². The van der Waals surface area contributed by atoms with Gasteiger partial charge in [0.25, 0.3) is 0 Å². The van der Waals surface area contributed by atoms with Crippen molar-refractivity contribution in [2.24, 2.45) is 0 Å². The second kappa shape index (κ2) is 5.65. The minimum atomic E-state index is 0.209. The molecule has 1 fully saturated rings. The standard InChI is InChI=1S/C13H23N3O/c1-4-14-12-5-6-17-13(7-12)11-8-15-16(9-11)10(2)3/h8-10,12-14H,4-7H2,1-3H3. The van der Waals surface area contributed by atoms with Crippen LogP contribution in [0.1, 0.15) is 51.3 Å². The lowest BCUT2D eigenvalue weighted by atomic mass is 9.99. The number of nitrogens with zero attached hydrogens (tertiary/aromatic N) is 2. The summed E-state index contributed by atoms with van der Waals surface area (Å²) in [6.45, 7) is 8.30. The van der Waals surface area contributed by atoms with Crippen LogP contribution in [0.4, 0.5) is 0 Å². The molecule has 2 atom stereocenters. The summed E-state index contributed by atoms with van der Waals surface area (Å²) in [5.41, 5.74) is 1.21. The molecule has 1 saturated heterocycles. The number of hydrogen-bond acceptors (Lipinski definition) is 3. The van der Waals surface area contributed by atoms with Crippen molar-refractivity contribution < 1.29 is 4.74 Å². The predicted octanol–water partition coefficient (Wildman–Crippen LogP) is 2.29. The second-order valence-electron chi connectivity index (χ2n) is 4.99. The molecule has 0 amide bonds. The van der Waals surface area contributed by atoms with Crippen molar-refractivity contribution in [2.45, 2.75) is 51.8 Å². The Morgan fingerprint density at radius 1 is 1.59 bits per heavy atom. The molecular weight excluding hydrogens is 214 g/mol. The molecule has 1 aromatic heterocycles. The third-order valence-corrected chi connectivity index (χ3v) is 3.30. The quantitative estimate of drug-likeness (QED) is 0.873. The Morgan fingerprint density at radius 3 is 3.06 bits per heavy atom. The summed E-state index contributed by atoms with van der Waals surface area (Å²) in [5.74, 6) is 0. The zero-order valence-corrected chi connectivity index (χ0v) is 11.0. The molecule has 2 rings (SSSR count). The molecule has 4 nitrogen and oxygen atoms in total. The van der Waals surface area contributed by atoms with Crippen LogP contribution in [0.2, 0.25) is 0 Å². The summed E-state index contributed by atoms with van der Waals surface area (Å²) in [7, 11) is 0. The van der Waals surface area contributed by atoms with Gasteiger partial charge in [0.1, 0.15) is 0 Å². The highest BCUT2D eigenvalue weighted by atomic mass is 16.5. The molecule has 96 valence electrons. The summed E-state index contributed by atoms with van der Waals surface area (Å²) in [6, 6.07) is 0.998. The van der Waals surface area contributed by atoms with Gasteiger partial charge in [-0.1, -0.05) is 6.92 Å². The van der Waals surface area contributed by atoms with E-state index in [0.29, 0.717) is 12.1 Å². The zero-order valence-electron chi connectivity index (χ0n) is 11.0. The van der Waals surface area contributed by atoms with Gasteiger partial charge in [0.05, 0.1) is 12.3 Å². The maximum atomic E-state index is 5.84. The van der Waals surface area contributed by atoms with E-state index in [0.717, 1.165) is 26.0 Å². The summed E-state index contributed by atoms with van der Waals surface area (Å²) < 4.78 is 7.84. The maximum Gasteiger partial charge on any atom is 0.0870 e. The first-order valence-corrected chi connectivity index (χ1v) is 6.59. The molecule has 0 bridgehead atoms. The van der Waals surface area contributed by atoms with Crippen LogP contribution < -0.4 is 5.32 Å². The van der Waals surface area contributed by atoms with Gasteiger partial charge in [-0.25, -0.2) is 0 Å². The average molecular weight is 237 g/mol. The smallest absolute Gasteiger partial charge is 0.0870 e. The van der Waals surface area contributed by atoms with Gasteiger partial charge in [0.2, 0.25) is 0 Å². The SMILES string of the molecule is CCNC1CCOC(c2cnn(C(C)C)c2)C1. The van der Waals surface area contributed by atoms with Crippen molar-refractivity contribution in [2.75, 3.05) is 13.2 Å². The average Bonchev–Trinajstić information content (AvgIpc) is 2.79. The van der Waals surface area contributed by atoms with E-state index in [9.17, 15) is 0 Å². The van der Waals surface area contributed by atoms with E-state index in [4.69, 9.17) is 4.74 Å². The molecule has 2 heterocycles. The Bertz CT molecular complexity index is 346. The third-order valence-electron chi connectivity index (χ3n) is 3.30. The van der Waals surface area contributed by atoms with Crippen LogP contribution in [0.25, 0.3) is 0 Å². The van der Waals surface area contributed by atoms with Crippen molar-refractivity contribution in [1.29, 1.82) is 0 Å². The van der Waals surface area contributed by atoms with E-state index in [1.165, 1.54) is 5.56 Å². The van der Waals surface area contributed by atoms with Gasteiger partial charge in [-0.05, 0) is 33.2 Å². The first-order chi connectivity index (χ1) is 8.20. The van der Waals surface area contributed by atoms with Crippen LogP contribution in [0, 0.1) is 0 Å². The fraction of sp³-hybridized carbons (Fsp3) is 0.769. The summed E-state index contributed by atoms with van der Waals surface area (Å²) >= 11 is 0. The summed E-state index contributed by atoms with van der Waals surface area (Å²) in [6.07, 6.45) is 6.43. The van der Waals surface area contributed by atoms with Crippen LogP contribution in [0.5, 0.6) is 0 Å². The van der Waals surface area contributed by atoms with Gasteiger partial charge in [-0.3, -0.25) is 4.68 Å². The van der Waals surface area contributed by atoms with Crippen LogP contribution in [-0.4, -0.2) is 29.0 Å². The maximum absolute atomic E-state index is 5.84. The van der Waals surface area contributed by atoms with Gasteiger partial charge >= 0.3 is 0 Å². The van der Waals surface area contributed by atoms with E-state index in [1.54, 1.807) is 0 Å². The summed E-state index contributed by atoms with van der Waals surface area (Å²) in [4.78, 5) is 0. The molecule has 1 aliphatic heterocycles. The largest absolute Gasteiger partial charge is 0.373 e. The second-order valence-corrected chi connectivity index (χ2v) is 4.99. The van der Waals surface area contributed by atoms with Crippen LogP contribution in [0.15, 0.2) is 12.4 Å². The van der Waals surface area contributed by atoms with Crippen molar-refractivity contribution in [3.63, 3.8) is 0 Å². The lowest BCUT2D eigenvalue weighted by Crippen LogP contribution is -2.35. The van der Waals surface area contributed by atoms with E-state index in [2.05, 4.69) is 37.4 Å². The molecule has 0 aliphatic carbocycles. The van der Waals surface area contributed by atoms with Gasteiger partial charge in [0.15, 0.2) is 0 Å². The van der Waals surface area contributed by atoms with Crippen molar-refractivity contribution in [3.05, 3.63) is 18.0 Å². The van der Waals surface area contributed by atoms with Gasteiger partial charge in [0, 0.05) is 30.5 Å². The first-order valence-electron chi connectivity index (χ1n) is 6.59. The Hall–Kier alpha value is -0.870. The molecule has 4 heteroatoms. The minimum Gasteiger partial charge on any atom is -0.373 e. The fourth-order valence-corrected chi connectivity index (χ4v) is 2.30. The van der Waals surface area contributed by atoms with Crippen molar-refractivity contribution in [3.8, 4) is 0 Å². The zero-order chi connectivity index (χ0) is 12.3. The monoisotopic (exact) mass is 237 g/mol. The molecule has 0 spiro atoms. The fourth-order valence-electron chi connectivity index (χ4n) is 2.30. The molecule has 1 N–H and O–H groups in total. The highest BCUT2D eigenvalue weighted by Crippen LogP contribution is 2.28. The van der Waals surface area contributed by atoms with Gasteiger partial charge in [-0.2, -0.15) is 5.10 Å². The minimum absolute atomic E-state index is 0.209. The molecule has 17 heavy (non-hydrogen) atoms. The van der Waals surface area contributed by atoms with E-state index >= 15 is 0 Å². The lowest BCUT2D eigenvalue weighted by Gasteiger charge is -2.29. The molecule has 1 aromatic rings. The van der Waals surface area contributed by atoms with E-state index in [1.807, 2.05) is 10.9 Å². The van der Waals surface area contributed by atoms with Crippen molar-refractivity contribution >= 4 is 0 Å². The number of hydrogen-bond donors (Lipinski definition) is 1. The lowest BCUT2D eigenvalue weighted by molar-refractivity contribution is 0.000533.